The molecule has 0 unspecified atom stereocenters. The van der Waals surface area contributed by atoms with Gasteiger partial charge in [-0.05, 0) is 24.3 Å². The first kappa shape index (κ1) is 18.4. The van der Waals surface area contributed by atoms with E-state index in [0.29, 0.717) is 4.90 Å². The van der Waals surface area contributed by atoms with Crippen LogP contribution in [-0.4, -0.2) is 55.0 Å². The molecule has 136 valence electrons. The van der Waals surface area contributed by atoms with Gasteiger partial charge in [0.15, 0.2) is 11.5 Å². The second kappa shape index (κ2) is 6.89. The lowest BCUT2D eigenvalue weighted by molar-refractivity contribution is -0.135. The average molecular weight is 363 g/mol. The lowest BCUT2D eigenvalue weighted by atomic mass is 10.1. The number of benzene rings is 2. The van der Waals surface area contributed by atoms with Gasteiger partial charge in [-0.3, -0.25) is 14.5 Å². The highest BCUT2D eigenvalue weighted by Crippen LogP contribution is 2.33. The van der Waals surface area contributed by atoms with Gasteiger partial charge in [-0.1, -0.05) is 0 Å². The zero-order valence-corrected chi connectivity index (χ0v) is 12.9. The number of carboxylic acid groups (broad SMARTS) is 2. The molecule has 0 aliphatic rings. The van der Waals surface area contributed by atoms with Crippen molar-refractivity contribution < 1.29 is 45.0 Å². The van der Waals surface area contributed by atoms with Gasteiger partial charge in [0.2, 0.25) is 0 Å². The maximum atomic E-state index is 12.7. The van der Waals surface area contributed by atoms with E-state index in [1.54, 1.807) is 0 Å². The Balaban J connectivity index is 2.59. The molecule has 0 heterocycles. The number of nitrogens with zero attached hydrogens (tertiary/aromatic N) is 1. The molecule has 0 spiro atoms. The van der Waals surface area contributed by atoms with Crippen molar-refractivity contribution in [3.8, 4) is 23.0 Å². The molecular weight excluding hydrogens is 350 g/mol. The van der Waals surface area contributed by atoms with E-state index in [9.17, 15) is 34.8 Å². The van der Waals surface area contributed by atoms with Gasteiger partial charge in [0, 0.05) is 11.8 Å². The number of carbonyl (C=O) groups excluding carboxylic acids is 1. The Morgan fingerprint density at radius 3 is 2.00 bits per heavy atom. The standard InChI is InChI=1S/C16H13NO9/c18-8-4-9(14(23)10(5-8)16(25)26)15(24)17(6-13(21)22)7-1-2-11(19)12(20)3-7/h1-5,18-20,23H,6H2,(H,21,22)(H,25,26). The fourth-order valence-electron chi connectivity index (χ4n) is 2.19. The molecule has 10 nitrogen and oxygen atoms in total. The Morgan fingerprint density at radius 1 is 0.846 bits per heavy atom. The van der Waals surface area contributed by atoms with Crippen molar-refractivity contribution >= 4 is 23.5 Å². The van der Waals surface area contributed by atoms with Gasteiger partial charge in [0.05, 0.1) is 5.56 Å². The monoisotopic (exact) mass is 363 g/mol. The first-order valence-corrected chi connectivity index (χ1v) is 6.96. The van der Waals surface area contributed by atoms with Crippen LogP contribution < -0.4 is 4.90 Å². The van der Waals surface area contributed by atoms with Crippen molar-refractivity contribution in [2.24, 2.45) is 0 Å². The Kier molecular flexibility index (Phi) is 4.87. The number of aromatic carboxylic acids is 1. The van der Waals surface area contributed by atoms with Crippen LogP contribution in [0.15, 0.2) is 30.3 Å². The molecule has 0 bridgehead atoms. The zero-order valence-electron chi connectivity index (χ0n) is 12.9. The highest BCUT2D eigenvalue weighted by atomic mass is 16.4. The minimum Gasteiger partial charge on any atom is -0.508 e. The van der Waals surface area contributed by atoms with Gasteiger partial charge in [0.25, 0.3) is 5.91 Å². The third-order valence-corrected chi connectivity index (χ3v) is 3.36. The number of phenolic OH excluding ortho intramolecular Hbond substituents is 3. The predicted octanol–water partition coefficient (Wildman–Crippen LogP) is 0.939. The van der Waals surface area contributed by atoms with Crippen LogP contribution in [0.1, 0.15) is 20.7 Å². The van der Waals surface area contributed by atoms with Crippen LogP contribution in [0.3, 0.4) is 0 Å². The van der Waals surface area contributed by atoms with Crippen LogP contribution in [0.25, 0.3) is 0 Å². The average Bonchev–Trinajstić information content (AvgIpc) is 2.56. The molecule has 0 saturated carbocycles. The molecule has 0 saturated heterocycles. The number of anilines is 1. The number of rotatable bonds is 5. The van der Waals surface area contributed by atoms with Gasteiger partial charge in [-0.25, -0.2) is 4.79 Å². The van der Waals surface area contributed by atoms with E-state index in [1.165, 1.54) is 0 Å². The summed E-state index contributed by atoms with van der Waals surface area (Å²) < 4.78 is 0. The third-order valence-electron chi connectivity index (χ3n) is 3.36. The number of carboxylic acids is 2. The van der Waals surface area contributed by atoms with Gasteiger partial charge in [-0.2, -0.15) is 0 Å². The number of phenols is 4. The molecule has 1 amide bonds. The molecule has 26 heavy (non-hydrogen) atoms. The highest BCUT2D eigenvalue weighted by molar-refractivity contribution is 6.11. The lowest BCUT2D eigenvalue weighted by Gasteiger charge is -2.22. The first-order valence-electron chi connectivity index (χ1n) is 6.96. The van der Waals surface area contributed by atoms with E-state index < -0.39 is 58.5 Å². The van der Waals surface area contributed by atoms with Crippen LogP contribution in [-0.2, 0) is 4.79 Å². The number of hydrogen-bond acceptors (Lipinski definition) is 7. The van der Waals surface area contributed by atoms with Crippen molar-refractivity contribution in [1.82, 2.24) is 0 Å². The minimum atomic E-state index is -1.61. The highest BCUT2D eigenvalue weighted by Gasteiger charge is 2.27. The quantitative estimate of drug-likeness (QED) is 0.333. The van der Waals surface area contributed by atoms with Gasteiger partial charge in [0.1, 0.15) is 23.6 Å². The van der Waals surface area contributed by atoms with E-state index >= 15 is 0 Å². The normalized spacial score (nSPS) is 10.3. The summed E-state index contributed by atoms with van der Waals surface area (Å²) in [5.74, 6) is -6.93. The number of aromatic hydroxyl groups is 4. The minimum absolute atomic E-state index is 0.146. The number of carbonyl (C=O) groups is 3. The van der Waals surface area contributed by atoms with Crippen molar-refractivity contribution in [2.75, 3.05) is 11.4 Å². The predicted molar refractivity (Wildman–Crippen MR) is 85.8 cm³/mol. The Bertz CT molecular complexity index is 907. The van der Waals surface area contributed by atoms with Crippen molar-refractivity contribution in [3.63, 3.8) is 0 Å². The van der Waals surface area contributed by atoms with Crippen LogP contribution in [0.2, 0.25) is 0 Å². The Hall–Kier alpha value is -3.95. The van der Waals surface area contributed by atoms with Gasteiger partial charge >= 0.3 is 11.9 Å². The van der Waals surface area contributed by atoms with E-state index in [-0.39, 0.29) is 5.69 Å². The number of hydrogen-bond donors (Lipinski definition) is 6. The maximum Gasteiger partial charge on any atom is 0.339 e. The second-order valence-corrected chi connectivity index (χ2v) is 5.15. The maximum absolute atomic E-state index is 12.7. The molecular formula is C16H13NO9. The van der Waals surface area contributed by atoms with Crippen molar-refractivity contribution in [3.05, 3.63) is 41.5 Å². The van der Waals surface area contributed by atoms with Crippen LogP contribution in [0, 0.1) is 0 Å². The molecule has 2 aromatic carbocycles. The van der Waals surface area contributed by atoms with Crippen LogP contribution >= 0.6 is 0 Å². The van der Waals surface area contributed by atoms with Gasteiger partial charge < -0.3 is 30.6 Å². The smallest absolute Gasteiger partial charge is 0.339 e. The fraction of sp³-hybridized carbons (Fsp3) is 0.0625. The van der Waals surface area contributed by atoms with Crippen LogP contribution in [0.4, 0.5) is 5.69 Å². The lowest BCUT2D eigenvalue weighted by Crippen LogP contribution is -2.35. The third kappa shape index (κ3) is 3.59. The van der Waals surface area contributed by atoms with Crippen molar-refractivity contribution in [2.45, 2.75) is 0 Å². The summed E-state index contributed by atoms with van der Waals surface area (Å²) in [6.07, 6.45) is 0. The van der Waals surface area contributed by atoms with Crippen LogP contribution in [0.5, 0.6) is 23.0 Å². The topological polar surface area (TPSA) is 176 Å². The molecule has 0 fully saturated rings. The molecule has 0 radical (unpaired) electrons. The molecule has 0 atom stereocenters. The van der Waals surface area contributed by atoms with E-state index in [4.69, 9.17) is 10.2 Å². The van der Waals surface area contributed by atoms with E-state index in [2.05, 4.69) is 0 Å². The second-order valence-electron chi connectivity index (χ2n) is 5.15. The molecule has 0 aromatic heterocycles. The van der Waals surface area contributed by atoms with E-state index in [0.717, 1.165) is 30.3 Å². The van der Waals surface area contributed by atoms with Gasteiger partial charge in [-0.15, -0.1) is 0 Å². The molecule has 0 aliphatic heterocycles. The summed E-state index contributed by atoms with van der Waals surface area (Å²) in [6.45, 7) is -0.902. The van der Waals surface area contributed by atoms with E-state index in [1.807, 2.05) is 0 Å². The molecule has 0 aliphatic carbocycles. The fourth-order valence-corrected chi connectivity index (χ4v) is 2.19. The summed E-state index contributed by atoms with van der Waals surface area (Å²) >= 11 is 0. The number of amides is 1. The molecule has 2 rings (SSSR count). The Labute approximate surface area is 145 Å². The summed E-state index contributed by atoms with van der Waals surface area (Å²) in [5.41, 5.74) is -1.55. The molecule has 2 aromatic rings. The summed E-state index contributed by atoms with van der Waals surface area (Å²) in [7, 11) is 0. The zero-order chi connectivity index (χ0) is 19.6. The summed E-state index contributed by atoms with van der Waals surface area (Å²) in [6, 6.07) is 4.56. The first-order chi connectivity index (χ1) is 12.1. The number of aliphatic carboxylic acids is 1. The Morgan fingerprint density at radius 2 is 1.46 bits per heavy atom. The van der Waals surface area contributed by atoms with Crippen molar-refractivity contribution in [1.29, 1.82) is 0 Å². The SMILES string of the molecule is O=C(O)CN(C(=O)c1cc(O)cc(C(=O)O)c1O)c1ccc(O)c(O)c1. The molecule has 10 heteroatoms. The summed E-state index contributed by atoms with van der Waals surface area (Å²) in [5, 5.41) is 56.5. The summed E-state index contributed by atoms with van der Waals surface area (Å²) in [4.78, 5) is 35.5. The largest absolute Gasteiger partial charge is 0.508 e. The molecule has 6 N–H and O–H groups in total.